The second kappa shape index (κ2) is 8.43. The Bertz CT molecular complexity index is 1240. The summed E-state index contributed by atoms with van der Waals surface area (Å²) in [7, 11) is 0. The van der Waals surface area contributed by atoms with Crippen LogP contribution < -0.4 is 0 Å². The minimum Gasteiger partial charge on any atom is -0.286 e. The van der Waals surface area contributed by atoms with E-state index in [1.807, 2.05) is 48.7 Å². The maximum Gasteiger partial charge on any atom is 0.235 e. The number of nitrogens with zero attached hydrogens (tertiary/aromatic N) is 1. The Hall–Kier alpha value is -3.57. The van der Waals surface area contributed by atoms with Gasteiger partial charge in [-0.15, -0.1) is 12.3 Å². The van der Waals surface area contributed by atoms with Gasteiger partial charge in [0.2, 0.25) is 5.91 Å². The Labute approximate surface area is 178 Å². The molecule has 0 radical (unpaired) electrons. The van der Waals surface area contributed by atoms with Crippen molar-refractivity contribution in [3.8, 4) is 23.5 Å². The fraction of sp³-hybridized carbons (Fsp3) is 0.179. The second-order valence-electron chi connectivity index (χ2n) is 7.94. The summed E-state index contributed by atoms with van der Waals surface area (Å²) < 4.78 is 1.80. The summed E-state index contributed by atoms with van der Waals surface area (Å²) in [6.07, 6.45) is 8.33. The molecule has 30 heavy (non-hydrogen) atoms. The number of carbonyl (C=O) groups is 1. The van der Waals surface area contributed by atoms with Crippen molar-refractivity contribution in [2.75, 3.05) is 0 Å². The Morgan fingerprint density at radius 2 is 1.57 bits per heavy atom. The van der Waals surface area contributed by atoms with Gasteiger partial charge in [0.1, 0.15) is 0 Å². The van der Waals surface area contributed by atoms with Gasteiger partial charge in [-0.05, 0) is 34.2 Å². The van der Waals surface area contributed by atoms with E-state index in [9.17, 15) is 4.79 Å². The lowest BCUT2D eigenvalue weighted by Crippen LogP contribution is -2.12. The molecule has 0 amide bonds. The van der Waals surface area contributed by atoms with E-state index in [1.165, 1.54) is 11.1 Å². The standard InChI is InChI=1S/C28H25NO/c1-4-9-21-14-16-22(17-15-21)18-28(30)29-19-26(25-12-7-8-13-27(25)29)24-11-6-5-10-23(24)20(2)3/h1,5-8,10-17,19-20H,9,18H2,2-3H3. The Morgan fingerprint density at radius 3 is 2.30 bits per heavy atom. The third-order valence-electron chi connectivity index (χ3n) is 5.54. The van der Waals surface area contributed by atoms with Crippen LogP contribution in [0.15, 0.2) is 79.0 Å². The van der Waals surface area contributed by atoms with E-state index in [-0.39, 0.29) is 5.91 Å². The summed E-state index contributed by atoms with van der Waals surface area (Å²) in [5.41, 5.74) is 6.61. The van der Waals surface area contributed by atoms with Crippen molar-refractivity contribution in [3.63, 3.8) is 0 Å². The third-order valence-corrected chi connectivity index (χ3v) is 5.54. The SMILES string of the molecule is C#CCc1ccc(CC(=O)n2cc(-c3ccccc3C(C)C)c3ccccc32)cc1. The van der Waals surface area contributed by atoms with E-state index in [1.54, 1.807) is 4.57 Å². The van der Waals surface area contributed by atoms with E-state index in [0.29, 0.717) is 18.8 Å². The van der Waals surface area contributed by atoms with Gasteiger partial charge in [-0.1, -0.05) is 80.6 Å². The molecule has 0 saturated carbocycles. The highest BCUT2D eigenvalue weighted by Gasteiger charge is 2.17. The molecule has 0 atom stereocenters. The van der Waals surface area contributed by atoms with Crippen LogP contribution in [0.2, 0.25) is 0 Å². The predicted octanol–water partition coefficient (Wildman–Crippen LogP) is 6.49. The van der Waals surface area contributed by atoms with E-state index in [4.69, 9.17) is 6.42 Å². The van der Waals surface area contributed by atoms with Crippen LogP contribution in [-0.4, -0.2) is 10.5 Å². The number of rotatable bonds is 5. The minimum absolute atomic E-state index is 0.0594. The zero-order chi connectivity index (χ0) is 21.1. The Morgan fingerprint density at radius 1 is 0.900 bits per heavy atom. The number of aromatic nitrogens is 1. The molecule has 148 valence electrons. The van der Waals surface area contributed by atoms with Gasteiger partial charge in [-0.25, -0.2) is 0 Å². The van der Waals surface area contributed by atoms with Crippen LogP contribution in [0.25, 0.3) is 22.0 Å². The largest absolute Gasteiger partial charge is 0.286 e. The zero-order valence-corrected chi connectivity index (χ0v) is 17.4. The van der Waals surface area contributed by atoms with E-state index in [0.717, 1.165) is 27.6 Å². The van der Waals surface area contributed by atoms with Gasteiger partial charge in [0.05, 0.1) is 11.9 Å². The highest BCUT2D eigenvalue weighted by molar-refractivity contribution is 6.02. The van der Waals surface area contributed by atoms with Crippen molar-refractivity contribution in [1.82, 2.24) is 4.57 Å². The monoisotopic (exact) mass is 391 g/mol. The van der Waals surface area contributed by atoms with Crippen molar-refractivity contribution in [2.24, 2.45) is 0 Å². The molecule has 0 saturated heterocycles. The van der Waals surface area contributed by atoms with Crippen molar-refractivity contribution < 1.29 is 4.79 Å². The molecular formula is C28H25NO. The molecule has 0 aliphatic rings. The molecule has 0 aliphatic carbocycles. The molecule has 4 aromatic rings. The number of benzene rings is 3. The van der Waals surface area contributed by atoms with Crippen LogP contribution in [0.3, 0.4) is 0 Å². The lowest BCUT2D eigenvalue weighted by Gasteiger charge is -2.11. The normalized spacial score (nSPS) is 11.0. The second-order valence-corrected chi connectivity index (χ2v) is 7.94. The van der Waals surface area contributed by atoms with Crippen LogP contribution in [0.4, 0.5) is 0 Å². The first-order chi connectivity index (χ1) is 14.6. The molecule has 2 heteroatoms. The van der Waals surface area contributed by atoms with Crippen molar-refractivity contribution in [1.29, 1.82) is 0 Å². The highest BCUT2D eigenvalue weighted by Crippen LogP contribution is 2.35. The van der Waals surface area contributed by atoms with Crippen LogP contribution in [0, 0.1) is 12.3 Å². The smallest absolute Gasteiger partial charge is 0.235 e. The van der Waals surface area contributed by atoms with Gasteiger partial charge in [0.15, 0.2) is 0 Å². The van der Waals surface area contributed by atoms with Crippen molar-refractivity contribution in [2.45, 2.75) is 32.6 Å². The molecule has 1 aromatic heterocycles. The molecular weight excluding hydrogens is 366 g/mol. The number of carbonyl (C=O) groups excluding carboxylic acids is 1. The van der Waals surface area contributed by atoms with Gasteiger partial charge in [0, 0.05) is 23.6 Å². The average molecular weight is 392 g/mol. The van der Waals surface area contributed by atoms with Gasteiger partial charge in [-0.2, -0.15) is 0 Å². The van der Waals surface area contributed by atoms with Gasteiger partial charge in [0.25, 0.3) is 0 Å². The zero-order valence-electron chi connectivity index (χ0n) is 17.4. The maximum absolute atomic E-state index is 13.2. The first kappa shape index (κ1) is 19.7. The highest BCUT2D eigenvalue weighted by atomic mass is 16.2. The molecule has 0 aliphatic heterocycles. The summed E-state index contributed by atoms with van der Waals surface area (Å²) in [5, 5.41) is 1.10. The first-order valence-corrected chi connectivity index (χ1v) is 10.3. The third kappa shape index (κ3) is 3.80. The van der Waals surface area contributed by atoms with Gasteiger partial charge < -0.3 is 0 Å². The lowest BCUT2D eigenvalue weighted by atomic mass is 9.92. The molecule has 4 rings (SSSR count). The lowest BCUT2D eigenvalue weighted by molar-refractivity contribution is 0.0919. The molecule has 0 N–H and O–H groups in total. The average Bonchev–Trinajstić information content (AvgIpc) is 3.15. The summed E-state index contributed by atoms with van der Waals surface area (Å²) in [5.74, 6) is 3.11. The quantitative estimate of drug-likeness (QED) is 0.356. The maximum atomic E-state index is 13.2. The van der Waals surface area contributed by atoms with Crippen molar-refractivity contribution >= 4 is 16.8 Å². The number of fused-ring (bicyclic) bond motifs is 1. The fourth-order valence-corrected chi connectivity index (χ4v) is 4.00. The molecule has 0 spiro atoms. The van der Waals surface area contributed by atoms with Crippen LogP contribution >= 0.6 is 0 Å². The van der Waals surface area contributed by atoms with Gasteiger partial charge in [-0.3, -0.25) is 9.36 Å². The van der Waals surface area contributed by atoms with Crippen LogP contribution in [0.1, 0.15) is 41.3 Å². The van der Waals surface area contributed by atoms with E-state index in [2.05, 4.69) is 50.1 Å². The Balaban J connectivity index is 1.74. The summed E-state index contributed by atoms with van der Waals surface area (Å²) in [4.78, 5) is 13.2. The van der Waals surface area contributed by atoms with Crippen LogP contribution in [0.5, 0.6) is 0 Å². The van der Waals surface area contributed by atoms with Crippen LogP contribution in [-0.2, 0) is 12.8 Å². The first-order valence-electron chi connectivity index (χ1n) is 10.3. The fourth-order valence-electron chi connectivity index (χ4n) is 4.00. The van der Waals surface area contributed by atoms with Crippen molar-refractivity contribution in [3.05, 3.63) is 95.7 Å². The molecule has 0 fully saturated rings. The minimum atomic E-state index is 0.0594. The summed E-state index contributed by atoms with van der Waals surface area (Å²) >= 11 is 0. The number of terminal acetylenes is 1. The molecule has 2 nitrogen and oxygen atoms in total. The number of hydrogen-bond donors (Lipinski definition) is 0. The van der Waals surface area contributed by atoms with E-state index >= 15 is 0 Å². The van der Waals surface area contributed by atoms with Gasteiger partial charge >= 0.3 is 0 Å². The summed E-state index contributed by atoms with van der Waals surface area (Å²) in [6.45, 7) is 4.40. The molecule has 0 bridgehead atoms. The topological polar surface area (TPSA) is 22.0 Å². The summed E-state index contributed by atoms with van der Waals surface area (Å²) in [6, 6.07) is 24.6. The van der Waals surface area contributed by atoms with E-state index < -0.39 is 0 Å². The number of para-hydroxylation sites is 1. The molecule has 1 heterocycles. The Kier molecular flexibility index (Phi) is 5.55. The predicted molar refractivity (Wildman–Crippen MR) is 125 cm³/mol. The number of hydrogen-bond acceptors (Lipinski definition) is 1. The molecule has 0 unspecified atom stereocenters. The molecule has 3 aromatic carbocycles.